The van der Waals surface area contributed by atoms with E-state index >= 15 is 0 Å². The van der Waals surface area contributed by atoms with Crippen LogP contribution in [-0.2, 0) is 28.7 Å². The Morgan fingerprint density at radius 3 is 2.22 bits per heavy atom. The highest BCUT2D eigenvalue weighted by Gasteiger charge is 2.36. The lowest BCUT2D eigenvalue weighted by Crippen LogP contribution is -2.53. The Morgan fingerprint density at radius 2 is 1.72 bits per heavy atom. The first-order valence-corrected chi connectivity index (χ1v) is 11.5. The average Bonchev–Trinajstić information content (AvgIpc) is 2.79. The molecule has 0 spiro atoms. The lowest BCUT2D eigenvalue weighted by Gasteiger charge is -2.34. The van der Waals surface area contributed by atoms with Gasteiger partial charge in [-0.3, -0.25) is 19.2 Å². The van der Waals surface area contributed by atoms with Crippen LogP contribution in [0.25, 0.3) is 0 Å². The van der Waals surface area contributed by atoms with Gasteiger partial charge in [-0.2, -0.15) is 0 Å². The van der Waals surface area contributed by atoms with Crippen molar-refractivity contribution in [2.24, 2.45) is 5.73 Å². The number of benzene rings is 1. The first kappa shape index (κ1) is 30.2. The predicted octanol–water partition coefficient (Wildman–Crippen LogP) is 1.12. The number of hydrogen-bond acceptors (Lipinski definition) is 8. The molecule has 0 aliphatic heterocycles. The summed E-state index contributed by atoms with van der Waals surface area (Å²) in [6, 6.07) is 3.19. The number of carbonyl (C=O) groups is 5. The highest BCUT2D eigenvalue weighted by molar-refractivity contribution is 5.93. The number of carbonyl (C=O) groups excluding carboxylic acids is 5. The smallest absolute Gasteiger partial charge is 0.408 e. The Bertz CT molecular complexity index is 927. The Hall–Kier alpha value is -3.83. The van der Waals surface area contributed by atoms with E-state index in [4.69, 9.17) is 10.5 Å². The number of ether oxygens (including phenoxy) is 2. The van der Waals surface area contributed by atoms with E-state index in [1.54, 1.807) is 27.7 Å². The second kappa shape index (κ2) is 13.9. The van der Waals surface area contributed by atoms with Gasteiger partial charge in [-0.05, 0) is 51.3 Å². The third-order valence-electron chi connectivity index (χ3n) is 4.82. The van der Waals surface area contributed by atoms with Crippen LogP contribution < -0.4 is 16.4 Å². The summed E-state index contributed by atoms with van der Waals surface area (Å²) in [5.74, 6) is -2.75. The molecule has 1 aromatic rings. The van der Waals surface area contributed by atoms with Crippen LogP contribution in [-0.4, -0.2) is 71.6 Å². The van der Waals surface area contributed by atoms with Crippen molar-refractivity contribution in [1.29, 1.82) is 0 Å². The summed E-state index contributed by atoms with van der Waals surface area (Å²) < 4.78 is 9.81. The third kappa shape index (κ3) is 10.2. The second-order valence-corrected chi connectivity index (χ2v) is 9.02. The standard InChI is InChI=1S/C24H36N4O8/c1-6-13-28(22(33)17(11-12-18(25)30)27-23(34)36-24(2,3)4)20(15-7-9-16(29)10-8-15)21(32)26-14-19(31)35-5/h7-10,17,20,29H,6,11-14H2,1-5H3,(H2,25,30)(H,26,32)(H,27,34). The van der Waals surface area contributed by atoms with E-state index in [2.05, 4.69) is 15.4 Å². The van der Waals surface area contributed by atoms with Crippen LogP contribution in [0.15, 0.2) is 24.3 Å². The first-order chi connectivity index (χ1) is 16.8. The van der Waals surface area contributed by atoms with Gasteiger partial charge in [0.25, 0.3) is 0 Å². The zero-order valence-electron chi connectivity index (χ0n) is 21.3. The molecule has 12 heteroatoms. The lowest BCUT2D eigenvalue weighted by atomic mass is 10.0. The summed E-state index contributed by atoms with van der Waals surface area (Å²) in [7, 11) is 1.17. The minimum atomic E-state index is -1.23. The number of alkyl carbamates (subject to hydrolysis) is 1. The number of nitrogens with one attached hydrogen (secondary N) is 2. The molecule has 5 N–H and O–H groups in total. The van der Waals surface area contributed by atoms with Crippen LogP contribution in [0.2, 0.25) is 0 Å². The van der Waals surface area contributed by atoms with Crippen molar-refractivity contribution in [3.05, 3.63) is 29.8 Å². The van der Waals surface area contributed by atoms with E-state index in [9.17, 15) is 29.1 Å². The van der Waals surface area contributed by atoms with E-state index in [0.29, 0.717) is 12.0 Å². The van der Waals surface area contributed by atoms with Crippen molar-refractivity contribution < 1.29 is 38.6 Å². The van der Waals surface area contributed by atoms with E-state index in [1.165, 1.54) is 36.3 Å². The van der Waals surface area contributed by atoms with Crippen molar-refractivity contribution in [3.8, 4) is 5.75 Å². The van der Waals surface area contributed by atoms with Crippen molar-refractivity contribution >= 4 is 29.8 Å². The van der Waals surface area contributed by atoms with Crippen molar-refractivity contribution in [2.75, 3.05) is 20.2 Å². The van der Waals surface area contributed by atoms with E-state index in [1.807, 2.05) is 0 Å². The van der Waals surface area contributed by atoms with E-state index in [-0.39, 0.29) is 25.1 Å². The normalized spacial score (nSPS) is 12.6. The molecule has 0 aliphatic carbocycles. The maximum absolute atomic E-state index is 13.7. The molecule has 0 aliphatic rings. The van der Waals surface area contributed by atoms with Gasteiger partial charge in [-0.1, -0.05) is 19.1 Å². The van der Waals surface area contributed by atoms with Crippen LogP contribution in [0.3, 0.4) is 0 Å². The fourth-order valence-corrected chi connectivity index (χ4v) is 3.26. The minimum absolute atomic E-state index is 0.0493. The molecule has 2 unspecified atom stereocenters. The number of nitrogens with two attached hydrogens (primary N) is 1. The highest BCUT2D eigenvalue weighted by atomic mass is 16.6. The third-order valence-corrected chi connectivity index (χ3v) is 4.82. The lowest BCUT2D eigenvalue weighted by molar-refractivity contribution is -0.144. The van der Waals surface area contributed by atoms with Gasteiger partial charge < -0.3 is 35.8 Å². The summed E-state index contributed by atoms with van der Waals surface area (Å²) in [5, 5.41) is 14.6. The fourth-order valence-electron chi connectivity index (χ4n) is 3.26. The maximum atomic E-state index is 13.7. The summed E-state index contributed by atoms with van der Waals surface area (Å²) in [6.45, 7) is 6.42. The number of nitrogens with zero attached hydrogens (tertiary/aromatic N) is 1. The fraction of sp³-hybridized carbons (Fsp3) is 0.542. The number of esters is 1. The quantitative estimate of drug-likeness (QED) is 0.303. The zero-order valence-corrected chi connectivity index (χ0v) is 21.3. The highest BCUT2D eigenvalue weighted by Crippen LogP contribution is 2.25. The van der Waals surface area contributed by atoms with Gasteiger partial charge in [0.1, 0.15) is 30.0 Å². The molecule has 0 radical (unpaired) electrons. The molecule has 2 atom stereocenters. The van der Waals surface area contributed by atoms with Gasteiger partial charge in [-0.25, -0.2) is 4.79 Å². The number of amides is 4. The number of phenolic OH excluding ortho intramolecular Hbond substituents is 1. The molecule has 1 aromatic carbocycles. The molecule has 4 amide bonds. The monoisotopic (exact) mass is 508 g/mol. The van der Waals surface area contributed by atoms with Gasteiger partial charge >= 0.3 is 12.1 Å². The Labute approximate surface area is 210 Å². The van der Waals surface area contributed by atoms with Crippen LogP contribution in [0.4, 0.5) is 4.79 Å². The number of aromatic hydroxyl groups is 1. The average molecular weight is 509 g/mol. The van der Waals surface area contributed by atoms with Crippen LogP contribution >= 0.6 is 0 Å². The molecule has 1 rings (SSSR count). The van der Waals surface area contributed by atoms with Crippen LogP contribution in [0, 0.1) is 0 Å². The second-order valence-electron chi connectivity index (χ2n) is 9.02. The first-order valence-electron chi connectivity index (χ1n) is 11.5. The molecular weight excluding hydrogens is 472 g/mol. The summed E-state index contributed by atoms with van der Waals surface area (Å²) in [6.07, 6.45) is -0.762. The van der Waals surface area contributed by atoms with E-state index < -0.39 is 54.0 Å². The molecule has 0 heterocycles. The Kier molecular flexibility index (Phi) is 11.7. The Balaban J connectivity index is 3.40. The van der Waals surface area contributed by atoms with Gasteiger partial charge in [-0.15, -0.1) is 0 Å². The Morgan fingerprint density at radius 1 is 1.11 bits per heavy atom. The van der Waals surface area contributed by atoms with Crippen LogP contribution in [0.1, 0.15) is 58.6 Å². The maximum Gasteiger partial charge on any atom is 0.408 e. The number of rotatable bonds is 12. The number of methoxy groups -OCH3 is 1. The SMILES string of the molecule is CCCN(C(=O)C(CCC(N)=O)NC(=O)OC(C)(C)C)C(C(=O)NCC(=O)OC)c1ccc(O)cc1. The minimum Gasteiger partial charge on any atom is -0.508 e. The molecule has 0 saturated carbocycles. The summed E-state index contributed by atoms with van der Waals surface area (Å²) in [4.78, 5) is 63.6. The number of hydrogen-bond donors (Lipinski definition) is 4. The summed E-state index contributed by atoms with van der Waals surface area (Å²) >= 11 is 0. The molecule has 200 valence electrons. The molecule has 36 heavy (non-hydrogen) atoms. The number of primary amides is 1. The number of phenols is 1. The van der Waals surface area contributed by atoms with Crippen LogP contribution in [0.5, 0.6) is 5.75 Å². The van der Waals surface area contributed by atoms with Crippen molar-refractivity contribution in [1.82, 2.24) is 15.5 Å². The largest absolute Gasteiger partial charge is 0.508 e. The topological polar surface area (TPSA) is 177 Å². The molecular formula is C24H36N4O8. The van der Waals surface area contributed by atoms with E-state index in [0.717, 1.165) is 0 Å². The molecule has 0 saturated heterocycles. The van der Waals surface area contributed by atoms with Gasteiger partial charge in [0.2, 0.25) is 17.7 Å². The molecule has 0 fully saturated rings. The van der Waals surface area contributed by atoms with Crippen molar-refractivity contribution in [2.45, 2.75) is 64.6 Å². The molecule has 0 bridgehead atoms. The molecule has 12 nitrogen and oxygen atoms in total. The zero-order chi connectivity index (χ0) is 27.5. The van der Waals surface area contributed by atoms with Gasteiger partial charge in [0, 0.05) is 13.0 Å². The summed E-state index contributed by atoms with van der Waals surface area (Å²) in [5.41, 5.74) is 4.77. The predicted molar refractivity (Wildman–Crippen MR) is 129 cm³/mol. The van der Waals surface area contributed by atoms with Crippen molar-refractivity contribution in [3.63, 3.8) is 0 Å². The molecule has 0 aromatic heterocycles. The van der Waals surface area contributed by atoms with Gasteiger partial charge in [0.15, 0.2) is 0 Å². The van der Waals surface area contributed by atoms with Gasteiger partial charge in [0.05, 0.1) is 7.11 Å².